The number of carbonyl (C=O) groups is 2. The number of benzene rings is 2. The normalized spacial score (nSPS) is 10.6. The van der Waals surface area contributed by atoms with Crippen molar-refractivity contribution in [2.75, 3.05) is 13.2 Å². The van der Waals surface area contributed by atoms with Gasteiger partial charge in [-0.05, 0) is 61.9 Å². The summed E-state index contributed by atoms with van der Waals surface area (Å²) in [5, 5.41) is 3.91. The number of hydrogen-bond acceptors (Lipinski definition) is 8. The van der Waals surface area contributed by atoms with Gasteiger partial charge in [0.05, 0.1) is 31.2 Å². The highest BCUT2D eigenvalue weighted by Gasteiger charge is 2.13. The van der Waals surface area contributed by atoms with E-state index in [1.165, 1.54) is 24.8 Å². The summed E-state index contributed by atoms with van der Waals surface area (Å²) in [7, 11) is 0. The second kappa shape index (κ2) is 11.2. The van der Waals surface area contributed by atoms with Crippen molar-refractivity contribution in [2.24, 2.45) is 5.10 Å². The highest BCUT2D eigenvalue weighted by atomic mass is 16.6. The van der Waals surface area contributed by atoms with E-state index in [2.05, 4.69) is 20.5 Å². The Bertz CT molecular complexity index is 1090. The van der Waals surface area contributed by atoms with E-state index in [0.29, 0.717) is 35.8 Å². The fraction of sp³-hybridized carbons (Fsp3) is 0.174. The summed E-state index contributed by atoms with van der Waals surface area (Å²) in [5.74, 6) is 0.309. The second-order valence-electron chi connectivity index (χ2n) is 6.28. The molecular weight excluding hydrogens is 412 g/mol. The lowest BCUT2D eigenvalue weighted by atomic mass is 10.2. The van der Waals surface area contributed by atoms with E-state index in [0.717, 1.165) is 0 Å². The lowest BCUT2D eigenvalue weighted by Gasteiger charge is -2.11. The van der Waals surface area contributed by atoms with Crippen LogP contribution in [-0.2, 0) is 0 Å². The molecule has 0 unspecified atom stereocenters. The monoisotopic (exact) mass is 434 g/mol. The SMILES string of the molecule is CCOc1ccc(C(=O)Oc2ccc(C=NNC(=O)c3cnccn3)cc2OCC)cc1. The quantitative estimate of drug-likeness (QED) is 0.238. The first kappa shape index (κ1) is 22.4. The standard InChI is InChI=1S/C23H22N4O5/c1-3-30-18-8-6-17(7-9-18)23(29)32-20-10-5-16(13-21(20)31-4-2)14-26-27-22(28)19-15-24-11-12-25-19/h5-15H,3-4H2,1-2H3,(H,27,28). The van der Waals surface area contributed by atoms with Crippen LogP contribution in [0.25, 0.3) is 0 Å². The van der Waals surface area contributed by atoms with Crippen molar-refractivity contribution in [1.82, 2.24) is 15.4 Å². The molecule has 0 aliphatic carbocycles. The Labute approximate surface area is 185 Å². The minimum absolute atomic E-state index is 0.149. The fourth-order valence-corrected chi connectivity index (χ4v) is 2.61. The van der Waals surface area contributed by atoms with Crippen LogP contribution < -0.4 is 19.6 Å². The number of aromatic nitrogens is 2. The van der Waals surface area contributed by atoms with Gasteiger partial charge in [0.1, 0.15) is 11.4 Å². The predicted octanol–water partition coefficient (Wildman–Crippen LogP) is 3.26. The molecule has 0 fully saturated rings. The Morgan fingerprint density at radius 2 is 1.78 bits per heavy atom. The molecule has 3 aromatic rings. The average molecular weight is 434 g/mol. The van der Waals surface area contributed by atoms with Gasteiger partial charge in [0.2, 0.25) is 0 Å². The summed E-state index contributed by atoms with van der Waals surface area (Å²) >= 11 is 0. The minimum atomic E-state index is -0.522. The maximum absolute atomic E-state index is 12.5. The predicted molar refractivity (Wildman–Crippen MR) is 117 cm³/mol. The van der Waals surface area contributed by atoms with E-state index in [9.17, 15) is 9.59 Å². The number of esters is 1. The van der Waals surface area contributed by atoms with E-state index in [4.69, 9.17) is 14.2 Å². The van der Waals surface area contributed by atoms with Gasteiger partial charge in [-0.2, -0.15) is 5.10 Å². The van der Waals surface area contributed by atoms with Crippen molar-refractivity contribution in [3.63, 3.8) is 0 Å². The minimum Gasteiger partial charge on any atom is -0.494 e. The van der Waals surface area contributed by atoms with Crippen LogP contribution in [0.3, 0.4) is 0 Å². The number of hydrazone groups is 1. The molecule has 0 aliphatic heterocycles. The largest absolute Gasteiger partial charge is 0.494 e. The number of hydrogen-bond donors (Lipinski definition) is 1. The molecule has 0 saturated heterocycles. The first-order valence-corrected chi connectivity index (χ1v) is 9.92. The third-order valence-corrected chi connectivity index (χ3v) is 4.05. The molecule has 0 bridgehead atoms. The summed E-state index contributed by atoms with van der Waals surface area (Å²) in [6, 6.07) is 11.6. The molecule has 2 aromatic carbocycles. The molecule has 9 nitrogen and oxygen atoms in total. The maximum Gasteiger partial charge on any atom is 0.343 e. The van der Waals surface area contributed by atoms with E-state index in [-0.39, 0.29) is 11.4 Å². The zero-order chi connectivity index (χ0) is 22.8. The Morgan fingerprint density at radius 1 is 1.00 bits per heavy atom. The molecule has 164 valence electrons. The van der Waals surface area contributed by atoms with Crippen molar-refractivity contribution < 1.29 is 23.8 Å². The van der Waals surface area contributed by atoms with Crippen LogP contribution in [0.2, 0.25) is 0 Å². The van der Waals surface area contributed by atoms with Crippen LogP contribution in [0.15, 0.2) is 66.2 Å². The Kier molecular flexibility index (Phi) is 7.85. The van der Waals surface area contributed by atoms with Crippen LogP contribution >= 0.6 is 0 Å². The van der Waals surface area contributed by atoms with Gasteiger partial charge in [-0.1, -0.05) is 0 Å². The lowest BCUT2D eigenvalue weighted by Crippen LogP contribution is -2.19. The smallest absolute Gasteiger partial charge is 0.343 e. The Hall–Kier alpha value is -4.27. The lowest BCUT2D eigenvalue weighted by molar-refractivity contribution is 0.0728. The topological polar surface area (TPSA) is 112 Å². The zero-order valence-corrected chi connectivity index (χ0v) is 17.6. The van der Waals surface area contributed by atoms with E-state index in [1.54, 1.807) is 42.5 Å². The Balaban J connectivity index is 1.68. The van der Waals surface area contributed by atoms with Gasteiger partial charge in [0.15, 0.2) is 11.5 Å². The van der Waals surface area contributed by atoms with Crippen LogP contribution in [0.5, 0.6) is 17.2 Å². The highest BCUT2D eigenvalue weighted by Crippen LogP contribution is 2.29. The number of ether oxygens (including phenoxy) is 3. The van der Waals surface area contributed by atoms with Gasteiger partial charge in [0, 0.05) is 12.4 Å². The molecule has 0 aliphatic rings. The summed E-state index contributed by atoms with van der Waals surface area (Å²) in [6.07, 6.45) is 5.67. The van der Waals surface area contributed by atoms with Crippen LogP contribution in [-0.4, -0.2) is 41.3 Å². The van der Waals surface area contributed by atoms with Gasteiger partial charge in [0.25, 0.3) is 5.91 Å². The summed E-state index contributed by atoms with van der Waals surface area (Å²) in [6.45, 7) is 4.62. The molecule has 0 spiro atoms. The molecule has 0 saturated carbocycles. The van der Waals surface area contributed by atoms with Crippen molar-refractivity contribution >= 4 is 18.1 Å². The van der Waals surface area contributed by atoms with Crippen molar-refractivity contribution in [2.45, 2.75) is 13.8 Å². The zero-order valence-electron chi connectivity index (χ0n) is 17.6. The van der Waals surface area contributed by atoms with E-state index >= 15 is 0 Å². The number of rotatable bonds is 9. The number of nitrogens with one attached hydrogen (secondary N) is 1. The summed E-state index contributed by atoms with van der Waals surface area (Å²) in [5.41, 5.74) is 3.54. The van der Waals surface area contributed by atoms with Gasteiger partial charge < -0.3 is 14.2 Å². The molecule has 1 amide bonds. The molecule has 1 heterocycles. The molecule has 32 heavy (non-hydrogen) atoms. The number of carbonyl (C=O) groups excluding carboxylic acids is 2. The van der Waals surface area contributed by atoms with Gasteiger partial charge >= 0.3 is 5.97 Å². The second-order valence-corrected chi connectivity index (χ2v) is 6.28. The average Bonchev–Trinajstić information content (AvgIpc) is 2.82. The third kappa shape index (κ3) is 6.11. The molecule has 3 rings (SSSR count). The van der Waals surface area contributed by atoms with Crippen molar-refractivity contribution in [3.8, 4) is 17.2 Å². The van der Waals surface area contributed by atoms with Crippen LogP contribution in [0.4, 0.5) is 0 Å². The van der Waals surface area contributed by atoms with Crippen molar-refractivity contribution in [3.05, 3.63) is 77.9 Å². The third-order valence-electron chi connectivity index (χ3n) is 4.05. The molecular formula is C23H22N4O5. The van der Waals surface area contributed by atoms with Crippen LogP contribution in [0, 0.1) is 0 Å². The van der Waals surface area contributed by atoms with Gasteiger partial charge in [-0.3, -0.25) is 9.78 Å². The molecule has 0 radical (unpaired) electrons. The Morgan fingerprint density at radius 3 is 2.47 bits per heavy atom. The summed E-state index contributed by atoms with van der Waals surface area (Å²) in [4.78, 5) is 32.2. The summed E-state index contributed by atoms with van der Waals surface area (Å²) < 4.78 is 16.5. The highest BCUT2D eigenvalue weighted by molar-refractivity contribution is 5.93. The number of amides is 1. The van der Waals surface area contributed by atoms with Gasteiger partial charge in [-0.25, -0.2) is 15.2 Å². The van der Waals surface area contributed by atoms with Gasteiger partial charge in [-0.15, -0.1) is 0 Å². The first-order chi connectivity index (χ1) is 15.6. The maximum atomic E-state index is 12.5. The van der Waals surface area contributed by atoms with E-state index < -0.39 is 11.9 Å². The van der Waals surface area contributed by atoms with Crippen LogP contribution in [0.1, 0.15) is 40.3 Å². The molecule has 1 aromatic heterocycles. The van der Waals surface area contributed by atoms with Crippen molar-refractivity contribution in [1.29, 1.82) is 0 Å². The fourth-order valence-electron chi connectivity index (χ4n) is 2.61. The van der Waals surface area contributed by atoms with E-state index in [1.807, 2.05) is 13.8 Å². The molecule has 0 atom stereocenters. The number of nitrogens with zero attached hydrogens (tertiary/aromatic N) is 3. The first-order valence-electron chi connectivity index (χ1n) is 9.92. The molecule has 9 heteroatoms. The molecule has 1 N–H and O–H groups in total.